The van der Waals surface area contributed by atoms with Gasteiger partial charge in [-0.25, -0.2) is 9.37 Å². The Morgan fingerprint density at radius 1 is 1.18 bits per heavy atom. The minimum absolute atomic E-state index is 0.0800. The van der Waals surface area contributed by atoms with Gasteiger partial charge in [0, 0.05) is 16.9 Å². The molecule has 174 valence electrons. The molecule has 4 aromatic rings. The zero-order valence-corrected chi connectivity index (χ0v) is 20.7. The minimum atomic E-state index is -0.390. The lowest BCUT2D eigenvalue weighted by Gasteiger charge is -2.29. The Hall–Kier alpha value is -2.81. The molecule has 0 saturated heterocycles. The second-order valence-corrected chi connectivity index (χ2v) is 11.0. The van der Waals surface area contributed by atoms with Crippen molar-refractivity contribution in [2.45, 2.75) is 44.6 Å². The van der Waals surface area contributed by atoms with Gasteiger partial charge in [-0.3, -0.25) is 14.2 Å². The van der Waals surface area contributed by atoms with Gasteiger partial charge in [-0.15, -0.1) is 11.3 Å². The van der Waals surface area contributed by atoms with Crippen molar-refractivity contribution < 1.29 is 13.9 Å². The number of fused-ring (bicyclic) bond motifs is 3. The molecule has 3 heterocycles. The quantitative estimate of drug-likeness (QED) is 0.202. The lowest BCUT2D eigenvalue weighted by Crippen LogP contribution is -2.32. The molecule has 0 radical (unpaired) electrons. The van der Waals surface area contributed by atoms with Crippen molar-refractivity contribution in [1.29, 1.82) is 0 Å². The van der Waals surface area contributed by atoms with Gasteiger partial charge in [-0.05, 0) is 62.7 Å². The molecule has 8 heteroatoms. The first-order chi connectivity index (χ1) is 16.2. The number of benzene rings is 2. The molecule has 5 rings (SSSR count). The zero-order valence-electron chi connectivity index (χ0n) is 19.1. The molecule has 2 aromatic heterocycles. The van der Waals surface area contributed by atoms with E-state index in [0.717, 1.165) is 16.0 Å². The van der Waals surface area contributed by atoms with E-state index in [2.05, 4.69) is 0 Å². The van der Waals surface area contributed by atoms with Crippen LogP contribution in [0.5, 0.6) is 0 Å². The van der Waals surface area contributed by atoms with Gasteiger partial charge in [0.1, 0.15) is 10.6 Å². The van der Waals surface area contributed by atoms with E-state index in [1.54, 1.807) is 4.57 Å². The average molecular weight is 495 g/mol. The smallest absolute Gasteiger partial charge is 0.267 e. The first kappa shape index (κ1) is 23.0. The number of ketones is 1. The normalized spacial score (nSPS) is 14.8. The summed E-state index contributed by atoms with van der Waals surface area (Å²) < 4.78 is 20.8. The predicted molar refractivity (Wildman–Crippen MR) is 134 cm³/mol. The monoisotopic (exact) mass is 494 g/mol. The molecule has 0 aliphatic carbocycles. The van der Waals surface area contributed by atoms with Crippen molar-refractivity contribution in [3.05, 3.63) is 86.3 Å². The van der Waals surface area contributed by atoms with Gasteiger partial charge in [-0.2, -0.15) is 0 Å². The van der Waals surface area contributed by atoms with Gasteiger partial charge in [0.2, 0.25) is 0 Å². The summed E-state index contributed by atoms with van der Waals surface area (Å²) in [5.74, 6) is -0.467. The van der Waals surface area contributed by atoms with Gasteiger partial charge in [0.25, 0.3) is 5.56 Å². The number of ether oxygens (including phenoxy) is 1. The van der Waals surface area contributed by atoms with E-state index < -0.39 is 5.82 Å². The van der Waals surface area contributed by atoms with Crippen molar-refractivity contribution in [2.24, 2.45) is 0 Å². The van der Waals surface area contributed by atoms with Gasteiger partial charge >= 0.3 is 0 Å². The average Bonchev–Trinajstić information content (AvgIpc) is 3.15. The number of thiophene rings is 1. The van der Waals surface area contributed by atoms with Crippen LogP contribution in [0.15, 0.2) is 58.5 Å². The number of Topliss-reactive ketones (excluding diaryl/α,β-unsaturated/α-hetero) is 1. The fourth-order valence-corrected chi connectivity index (χ4v) is 6.09. The Balaban J connectivity index is 1.60. The SMILES string of the molecule is Cc1ccc(-n2c(SCC(=O)c3ccc(F)cc3)nc3sc4c(c3c2=O)CC(C)(C)OC4)cc1. The van der Waals surface area contributed by atoms with Crippen molar-refractivity contribution >= 4 is 39.1 Å². The number of rotatable bonds is 5. The third-order valence-electron chi connectivity index (χ3n) is 5.86. The van der Waals surface area contributed by atoms with Crippen LogP contribution in [0.2, 0.25) is 0 Å². The fourth-order valence-electron chi connectivity index (χ4n) is 4.04. The molecule has 0 spiro atoms. The van der Waals surface area contributed by atoms with Crippen LogP contribution in [0.25, 0.3) is 15.9 Å². The molecule has 0 amide bonds. The predicted octanol–water partition coefficient (Wildman–Crippen LogP) is 5.72. The van der Waals surface area contributed by atoms with E-state index >= 15 is 0 Å². The van der Waals surface area contributed by atoms with E-state index in [1.165, 1.54) is 47.4 Å². The fraction of sp³-hybridized carbons (Fsp3) is 0.269. The summed E-state index contributed by atoms with van der Waals surface area (Å²) in [6.07, 6.45) is 0.642. The first-order valence-electron chi connectivity index (χ1n) is 10.9. The van der Waals surface area contributed by atoms with Crippen molar-refractivity contribution in [3.8, 4) is 5.69 Å². The third kappa shape index (κ3) is 4.33. The number of aryl methyl sites for hydroxylation is 1. The maximum Gasteiger partial charge on any atom is 0.267 e. The lowest BCUT2D eigenvalue weighted by atomic mass is 9.94. The number of carbonyl (C=O) groups excluding carboxylic acids is 1. The number of thioether (sulfide) groups is 1. The summed E-state index contributed by atoms with van der Waals surface area (Å²) in [6, 6.07) is 13.2. The highest BCUT2D eigenvalue weighted by molar-refractivity contribution is 7.99. The maximum absolute atomic E-state index is 13.9. The molecule has 0 N–H and O–H groups in total. The number of hydrogen-bond donors (Lipinski definition) is 0. The standard InChI is InChI=1S/C26H23FN2O3S2/c1-15-4-10-18(11-5-15)29-24(31)22-19-12-26(2,3)32-13-21(19)34-23(22)28-25(29)33-14-20(30)16-6-8-17(27)9-7-16/h4-11H,12-14H2,1-3H3. The van der Waals surface area contributed by atoms with Crippen LogP contribution < -0.4 is 5.56 Å². The van der Waals surface area contributed by atoms with Crippen LogP contribution in [0.4, 0.5) is 4.39 Å². The van der Waals surface area contributed by atoms with Crippen LogP contribution in [0.3, 0.4) is 0 Å². The number of carbonyl (C=O) groups is 1. The molecular formula is C26H23FN2O3S2. The van der Waals surface area contributed by atoms with E-state index in [4.69, 9.17) is 9.72 Å². The molecule has 1 aliphatic heterocycles. The molecule has 2 aromatic carbocycles. The molecule has 0 atom stereocenters. The summed E-state index contributed by atoms with van der Waals surface area (Å²) in [5.41, 5.74) is 2.72. The number of aromatic nitrogens is 2. The Bertz CT molecular complexity index is 1450. The van der Waals surface area contributed by atoms with Crippen LogP contribution in [-0.2, 0) is 17.8 Å². The van der Waals surface area contributed by atoms with Gasteiger partial charge < -0.3 is 4.74 Å². The van der Waals surface area contributed by atoms with Gasteiger partial charge in [-0.1, -0.05) is 29.5 Å². The Morgan fingerprint density at radius 2 is 1.88 bits per heavy atom. The van der Waals surface area contributed by atoms with Crippen LogP contribution >= 0.6 is 23.1 Å². The van der Waals surface area contributed by atoms with Crippen molar-refractivity contribution in [1.82, 2.24) is 9.55 Å². The molecule has 34 heavy (non-hydrogen) atoms. The van der Waals surface area contributed by atoms with Crippen LogP contribution in [0.1, 0.15) is 40.2 Å². The Kier molecular flexibility index (Phi) is 5.91. The Labute approximate surface area is 204 Å². The number of nitrogens with zero attached hydrogens (tertiary/aromatic N) is 2. The molecule has 0 bridgehead atoms. The summed E-state index contributed by atoms with van der Waals surface area (Å²) in [5, 5.41) is 1.08. The van der Waals surface area contributed by atoms with Crippen LogP contribution in [0, 0.1) is 12.7 Å². The minimum Gasteiger partial charge on any atom is -0.370 e. The molecule has 0 fully saturated rings. The third-order valence-corrected chi connectivity index (χ3v) is 7.90. The highest BCUT2D eigenvalue weighted by Gasteiger charge is 2.31. The van der Waals surface area contributed by atoms with Crippen molar-refractivity contribution in [2.75, 3.05) is 5.75 Å². The molecule has 0 saturated carbocycles. The second kappa shape index (κ2) is 8.76. The van der Waals surface area contributed by atoms with Crippen molar-refractivity contribution in [3.63, 3.8) is 0 Å². The van der Waals surface area contributed by atoms with Gasteiger partial charge in [0.05, 0.1) is 29.0 Å². The zero-order chi connectivity index (χ0) is 24.0. The summed E-state index contributed by atoms with van der Waals surface area (Å²) in [4.78, 5) is 33.1. The maximum atomic E-state index is 13.9. The first-order valence-corrected chi connectivity index (χ1v) is 12.7. The second-order valence-electron chi connectivity index (χ2n) is 9.00. The highest BCUT2D eigenvalue weighted by atomic mass is 32.2. The lowest BCUT2D eigenvalue weighted by molar-refractivity contribution is -0.0379. The van der Waals surface area contributed by atoms with E-state index in [0.29, 0.717) is 39.7 Å². The number of hydrogen-bond acceptors (Lipinski definition) is 6. The topological polar surface area (TPSA) is 61.2 Å². The summed E-state index contributed by atoms with van der Waals surface area (Å²) in [6.45, 7) is 6.49. The Morgan fingerprint density at radius 3 is 2.59 bits per heavy atom. The highest BCUT2D eigenvalue weighted by Crippen LogP contribution is 2.38. The van der Waals surface area contributed by atoms with E-state index in [-0.39, 0.29) is 22.7 Å². The summed E-state index contributed by atoms with van der Waals surface area (Å²) in [7, 11) is 0. The summed E-state index contributed by atoms with van der Waals surface area (Å²) >= 11 is 2.69. The largest absolute Gasteiger partial charge is 0.370 e. The van der Waals surface area contributed by atoms with E-state index in [9.17, 15) is 14.0 Å². The van der Waals surface area contributed by atoms with E-state index in [1.807, 2.05) is 45.0 Å². The van der Waals surface area contributed by atoms with Gasteiger partial charge in [0.15, 0.2) is 10.9 Å². The number of halogens is 1. The molecule has 0 unspecified atom stereocenters. The molecule has 1 aliphatic rings. The molecule has 5 nitrogen and oxygen atoms in total. The van der Waals surface area contributed by atoms with Crippen LogP contribution in [-0.4, -0.2) is 26.7 Å². The molecular weight excluding hydrogens is 471 g/mol.